The molecule has 0 saturated carbocycles. The number of sulfonamides is 1. The fourth-order valence-electron chi connectivity index (χ4n) is 4.71. The van der Waals surface area contributed by atoms with Crippen molar-refractivity contribution < 1.29 is 22.7 Å². The van der Waals surface area contributed by atoms with E-state index in [1.807, 2.05) is 13.0 Å². The minimum absolute atomic E-state index is 0.0711. The molecular formula is C27H27ClN2O5S. The third-order valence-electron chi connectivity index (χ3n) is 6.71. The van der Waals surface area contributed by atoms with Crippen molar-refractivity contribution in [3.8, 4) is 11.5 Å². The number of benzene rings is 3. The number of rotatable bonds is 6. The summed E-state index contributed by atoms with van der Waals surface area (Å²) in [6.07, 6.45) is 2.25. The number of hydrogen-bond donors (Lipinski definition) is 1. The molecule has 2 atom stereocenters. The van der Waals surface area contributed by atoms with Crippen molar-refractivity contribution in [3.05, 3.63) is 82.4 Å². The van der Waals surface area contributed by atoms with Crippen molar-refractivity contribution in [2.24, 2.45) is 0 Å². The van der Waals surface area contributed by atoms with E-state index in [2.05, 4.69) is 17.4 Å². The predicted molar refractivity (Wildman–Crippen MR) is 138 cm³/mol. The van der Waals surface area contributed by atoms with Crippen LogP contribution in [0.25, 0.3) is 0 Å². The number of carbonyl (C=O) groups is 1. The average Bonchev–Trinajstić information content (AvgIpc) is 3.36. The number of anilines is 1. The van der Waals surface area contributed by atoms with Crippen LogP contribution in [0.5, 0.6) is 11.5 Å². The number of halogens is 1. The molecule has 1 aliphatic heterocycles. The van der Waals surface area contributed by atoms with Gasteiger partial charge in [0.2, 0.25) is 0 Å². The Labute approximate surface area is 216 Å². The summed E-state index contributed by atoms with van der Waals surface area (Å²) < 4.78 is 39.6. The van der Waals surface area contributed by atoms with Crippen molar-refractivity contribution in [1.29, 1.82) is 0 Å². The smallest absolute Gasteiger partial charge is 0.264 e. The normalized spacial score (nSPS) is 17.5. The Balaban J connectivity index is 1.41. The zero-order valence-corrected chi connectivity index (χ0v) is 21.6. The van der Waals surface area contributed by atoms with E-state index in [9.17, 15) is 13.2 Å². The second-order valence-electron chi connectivity index (χ2n) is 9.04. The summed E-state index contributed by atoms with van der Waals surface area (Å²) in [6.45, 7) is 1.72. The van der Waals surface area contributed by atoms with Gasteiger partial charge in [-0.05, 0) is 85.3 Å². The first-order valence-corrected chi connectivity index (χ1v) is 13.6. The molecule has 1 heterocycles. The van der Waals surface area contributed by atoms with E-state index in [1.54, 1.807) is 24.3 Å². The number of fused-ring (bicyclic) bond motifs is 2. The molecule has 1 aliphatic carbocycles. The topological polar surface area (TPSA) is 84.9 Å². The Kier molecular flexibility index (Phi) is 6.57. The van der Waals surface area contributed by atoms with Gasteiger partial charge in [0, 0.05) is 5.02 Å². The third-order valence-corrected chi connectivity index (χ3v) is 8.74. The minimum Gasteiger partial charge on any atom is -0.497 e. The van der Waals surface area contributed by atoms with Gasteiger partial charge < -0.3 is 14.8 Å². The van der Waals surface area contributed by atoms with Gasteiger partial charge in [0.1, 0.15) is 11.5 Å². The van der Waals surface area contributed by atoms with E-state index in [1.165, 1.54) is 40.7 Å². The fourth-order valence-corrected chi connectivity index (χ4v) is 6.35. The summed E-state index contributed by atoms with van der Waals surface area (Å²) >= 11 is 6.18. The van der Waals surface area contributed by atoms with Crippen LogP contribution >= 0.6 is 11.6 Å². The van der Waals surface area contributed by atoms with E-state index in [0.29, 0.717) is 10.8 Å². The number of nitrogens with one attached hydrogen (secondary N) is 1. The second kappa shape index (κ2) is 9.67. The zero-order valence-electron chi connectivity index (χ0n) is 20.0. The van der Waals surface area contributed by atoms with Crippen LogP contribution in [0.1, 0.15) is 36.1 Å². The molecular weight excluding hydrogens is 500 g/mol. The lowest BCUT2D eigenvalue weighted by molar-refractivity contribution is -0.128. The van der Waals surface area contributed by atoms with E-state index in [4.69, 9.17) is 21.1 Å². The maximum absolute atomic E-state index is 13.6. The Morgan fingerprint density at radius 1 is 1.08 bits per heavy atom. The van der Waals surface area contributed by atoms with Crippen molar-refractivity contribution in [2.75, 3.05) is 18.0 Å². The van der Waals surface area contributed by atoms with Gasteiger partial charge in [-0.1, -0.05) is 29.8 Å². The van der Waals surface area contributed by atoms with Gasteiger partial charge >= 0.3 is 0 Å². The molecule has 0 unspecified atom stereocenters. The van der Waals surface area contributed by atoms with E-state index in [0.717, 1.165) is 24.8 Å². The predicted octanol–water partition coefficient (Wildman–Crippen LogP) is 4.67. The highest BCUT2D eigenvalue weighted by Crippen LogP contribution is 2.39. The molecule has 0 fully saturated rings. The highest BCUT2D eigenvalue weighted by molar-refractivity contribution is 7.92. The lowest BCUT2D eigenvalue weighted by Crippen LogP contribution is -2.51. The molecule has 0 radical (unpaired) electrons. The summed E-state index contributed by atoms with van der Waals surface area (Å²) in [6, 6.07) is 16.9. The first kappa shape index (κ1) is 24.5. The number of amides is 1. The number of methoxy groups -OCH3 is 1. The standard InChI is InChI=1S/C27H27ClN2O5S/c1-17(19-7-6-18-4-3-5-20(18)14-19)29-27(31)26-16-30(24-15-21(28)8-13-25(24)35-26)36(32,33)23-11-9-22(34-2)10-12-23/h6-15,17,26H,3-5,16H2,1-2H3,(H,29,31)/t17-,26+/m1/s1. The molecule has 5 rings (SSSR count). The first-order chi connectivity index (χ1) is 17.3. The summed E-state index contributed by atoms with van der Waals surface area (Å²) in [4.78, 5) is 13.4. The molecule has 1 N–H and O–H groups in total. The van der Waals surface area contributed by atoms with Gasteiger partial charge in [0.25, 0.3) is 15.9 Å². The van der Waals surface area contributed by atoms with Gasteiger partial charge in [-0.15, -0.1) is 0 Å². The average molecular weight is 527 g/mol. The molecule has 0 bridgehead atoms. The molecule has 7 nitrogen and oxygen atoms in total. The summed E-state index contributed by atoms with van der Waals surface area (Å²) in [5.41, 5.74) is 3.98. The van der Waals surface area contributed by atoms with Gasteiger partial charge in [0.05, 0.1) is 30.3 Å². The number of carbonyl (C=O) groups excluding carboxylic acids is 1. The Morgan fingerprint density at radius 3 is 2.58 bits per heavy atom. The van der Waals surface area contributed by atoms with Crippen LogP contribution in [0.4, 0.5) is 5.69 Å². The number of nitrogens with zero attached hydrogens (tertiary/aromatic N) is 1. The summed E-state index contributed by atoms with van der Waals surface area (Å²) in [5, 5.41) is 3.36. The Hall–Kier alpha value is -3.23. The highest BCUT2D eigenvalue weighted by Gasteiger charge is 2.38. The molecule has 36 heavy (non-hydrogen) atoms. The quantitative estimate of drug-likeness (QED) is 0.504. The van der Waals surface area contributed by atoms with Crippen LogP contribution in [-0.4, -0.2) is 34.1 Å². The molecule has 0 spiro atoms. The first-order valence-electron chi connectivity index (χ1n) is 11.8. The van der Waals surface area contributed by atoms with Gasteiger partial charge in [-0.3, -0.25) is 9.10 Å². The molecule has 3 aromatic rings. The Morgan fingerprint density at radius 2 is 1.83 bits per heavy atom. The molecule has 0 saturated heterocycles. The summed E-state index contributed by atoms with van der Waals surface area (Å²) in [5.74, 6) is 0.420. The SMILES string of the molecule is COc1ccc(S(=O)(=O)N2C[C@@H](C(=O)N[C@H](C)c3ccc4c(c3)CCC4)Oc3ccc(Cl)cc32)cc1. The maximum atomic E-state index is 13.6. The van der Waals surface area contributed by atoms with Gasteiger partial charge in [0.15, 0.2) is 6.10 Å². The fraction of sp³-hybridized carbons (Fsp3) is 0.296. The van der Waals surface area contributed by atoms with Crippen LogP contribution < -0.4 is 19.1 Å². The number of hydrogen-bond acceptors (Lipinski definition) is 5. The molecule has 3 aromatic carbocycles. The number of aryl methyl sites for hydroxylation is 2. The van der Waals surface area contributed by atoms with Gasteiger partial charge in [-0.25, -0.2) is 8.42 Å². The second-order valence-corrected chi connectivity index (χ2v) is 11.3. The lowest BCUT2D eigenvalue weighted by atomic mass is 10.0. The van der Waals surface area contributed by atoms with Crippen LogP contribution in [0.2, 0.25) is 5.02 Å². The summed E-state index contributed by atoms with van der Waals surface area (Å²) in [7, 11) is -2.50. The van der Waals surface area contributed by atoms with Crippen molar-refractivity contribution in [3.63, 3.8) is 0 Å². The van der Waals surface area contributed by atoms with E-state index >= 15 is 0 Å². The Bertz CT molecular complexity index is 1410. The zero-order chi connectivity index (χ0) is 25.4. The van der Waals surface area contributed by atoms with Gasteiger partial charge in [-0.2, -0.15) is 0 Å². The van der Waals surface area contributed by atoms with Crippen molar-refractivity contribution in [1.82, 2.24) is 5.32 Å². The highest BCUT2D eigenvalue weighted by atomic mass is 35.5. The van der Waals surface area contributed by atoms with Crippen molar-refractivity contribution in [2.45, 2.75) is 43.2 Å². The number of ether oxygens (including phenoxy) is 2. The monoisotopic (exact) mass is 526 g/mol. The largest absolute Gasteiger partial charge is 0.497 e. The molecule has 9 heteroatoms. The van der Waals surface area contributed by atoms with Crippen LogP contribution in [0.15, 0.2) is 65.6 Å². The third kappa shape index (κ3) is 4.63. The molecule has 2 aliphatic rings. The molecule has 188 valence electrons. The van der Waals surface area contributed by atoms with Crippen LogP contribution in [0, 0.1) is 0 Å². The van der Waals surface area contributed by atoms with E-state index < -0.39 is 22.0 Å². The van der Waals surface area contributed by atoms with Crippen molar-refractivity contribution >= 4 is 33.2 Å². The lowest BCUT2D eigenvalue weighted by Gasteiger charge is -2.35. The molecule has 1 amide bonds. The maximum Gasteiger partial charge on any atom is 0.264 e. The molecule has 0 aromatic heterocycles. The van der Waals surface area contributed by atoms with E-state index in [-0.39, 0.29) is 28.9 Å². The van der Waals surface area contributed by atoms with Crippen LogP contribution in [0.3, 0.4) is 0 Å². The minimum atomic E-state index is -4.01. The van der Waals surface area contributed by atoms with Crippen LogP contribution in [-0.2, 0) is 27.7 Å².